The summed E-state index contributed by atoms with van der Waals surface area (Å²) >= 11 is 0. The zero-order valence-corrected chi connectivity index (χ0v) is 36.7. The summed E-state index contributed by atoms with van der Waals surface area (Å²) in [5, 5.41) is 17.0. The Kier molecular flexibility index (Phi) is 14.0. The summed E-state index contributed by atoms with van der Waals surface area (Å²) in [4.78, 5) is 41.5. The van der Waals surface area contributed by atoms with E-state index in [0.717, 1.165) is 68.8 Å². The molecule has 2 unspecified atom stereocenters. The Bertz CT molecular complexity index is 2500. The molecule has 2 heterocycles. The summed E-state index contributed by atoms with van der Waals surface area (Å²) in [5.41, 5.74) is 8.77. The van der Waals surface area contributed by atoms with Crippen LogP contribution in [-0.2, 0) is 39.1 Å². The predicted molar refractivity (Wildman–Crippen MR) is 234 cm³/mol. The van der Waals surface area contributed by atoms with Crippen molar-refractivity contribution < 1.29 is 33.6 Å². The van der Waals surface area contributed by atoms with Crippen LogP contribution in [0.2, 0.25) is 0 Å². The molecule has 0 bridgehead atoms. The lowest BCUT2D eigenvalue weighted by Gasteiger charge is -2.26. The van der Waals surface area contributed by atoms with Gasteiger partial charge in [0.1, 0.15) is 18.3 Å². The molecule has 0 radical (unpaired) electrons. The molecule has 0 aliphatic rings. The van der Waals surface area contributed by atoms with E-state index in [-0.39, 0.29) is 19.1 Å². The van der Waals surface area contributed by atoms with Crippen molar-refractivity contribution in [3.05, 3.63) is 113 Å². The summed E-state index contributed by atoms with van der Waals surface area (Å²) in [6, 6.07) is 27.8. The highest BCUT2D eigenvalue weighted by Gasteiger charge is 2.25. The van der Waals surface area contributed by atoms with Crippen molar-refractivity contribution >= 4 is 34.2 Å². The second kappa shape index (κ2) is 19.3. The van der Waals surface area contributed by atoms with Gasteiger partial charge in [0.15, 0.2) is 0 Å². The molecular weight excluding hydrogens is 775 g/mol. The van der Waals surface area contributed by atoms with E-state index in [1.54, 1.807) is 19.2 Å². The summed E-state index contributed by atoms with van der Waals surface area (Å²) < 4.78 is 20.4. The third-order valence-electron chi connectivity index (χ3n) is 10.8. The number of hydrogen-bond acceptors (Lipinski definition) is 10. The number of esters is 1. The molecule has 0 spiro atoms. The average molecular weight is 832 g/mol. The number of hydrogen-bond donors (Lipinski definition) is 0. The molecule has 0 saturated heterocycles. The molecule has 61 heavy (non-hydrogen) atoms. The van der Waals surface area contributed by atoms with Crippen molar-refractivity contribution in [2.75, 3.05) is 20.3 Å². The van der Waals surface area contributed by atoms with Crippen molar-refractivity contribution in [3.8, 4) is 22.5 Å². The van der Waals surface area contributed by atoms with Crippen LogP contribution in [0.3, 0.4) is 0 Å². The molecule has 0 saturated carbocycles. The monoisotopic (exact) mass is 831 g/mol. The van der Waals surface area contributed by atoms with Crippen molar-refractivity contribution in [1.29, 1.82) is 0 Å². The van der Waals surface area contributed by atoms with Crippen LogP contribution in [0.5, 0.6) is 0 Å². The number of hydrazine groups is 1. The fourth-order valence-corrected chi connectivity index (χ4v) is 7.00. The molecule has 14 heteroatoms. The Morgan fingerprint density at radius 3 is 2.33 bits per heavy atom. The lowest BCUT2D eigenvalue weighted by Crippen LogP contribution is -2.42. The van der Waals surface area contributed by atoms with Crippen LogP contribution in [0.15, 0.2) is 90.2 Å². The summed E-state index contributed by atoms with van der Waals surface area (Å²) in [7, 11) is 3.69. The number of fused-ring (bicyclic) bond motifs is 2. The maximum atomic E-state index is 13.4. The SMILES string of the molecule is CCCc1nc2c(C)cc(-c3nc4ccccc4n3C)cc2n1Cc1ccc(-c2ccccc2C(=O)OC(C)OC(=O)OCCC(C)CCO/N=[N+](\[O-])N(C)C(C)(C)C)cc1. The standard InChI is InChI=1S/C47H57N7O7/c1-10-15-42-49-43-32(3)28-36(44-48-39-18-13-14-19-40(39)51(44)8)29-41(43)53(42)30-34-20-22-35(23-21-34)37-16-11-12-17-38(37)45(55)60-33(4)61-46(56)58-26-24-31(2)25-27-59-50-54(57)52(9)47(5,6)7/h11-14,16-23,28-29,31,33H,10,15,24-27,30H2,1-9H3/b54-50-. The topological polar surface area (TPSA) is 148 Å². The number of para-hydroxylation sites is 2. The van der Waals surface area contributed by atoms with Crippen LogP contribution in [0, 0.1) is 18.0 Å². The number of carbonyl (C=O) groups is 2. The van der Waals surface area contributed by atoms with Crippen molar-refractivity contribution in [1.82, 2.24) is 24.1 Å². The maximum Gasteiger partial charge on any atom is 0.511 e. The minimum absolute atomic E-state index is 0.0946. The number of aromatic nitrogens is 4. The summed E-state index contributed by atoms with van der Waals surface area (Å²) in [6.45, 7) is 14.3. The minimum atomic E-state index is -1.19. The number of carbonyl (C=O) groups excluding carboxylic acids is 2. The first-order chi connectivity index (χ1) is 29.1. The van der Waals surface area contributed by atoms with E-state index in [2.05, 4.69) is 65.6 Å². The number of imidazole rings is 2. The third-order valence-corrected chi connectivity index (χ3v) is 10.8. The van der Waals surface area contributed by atoms with Crippen molar-refractivity contribution in [2.24, 2.45) is 18.2 Å². The highest BCUT2D eigenvalue weighted by atomic mass is 16.8. The van der Waals surface area contributed by atoms with E-state index in [0.29, 0.717) is 35.5 Å². The van der Waals surface area contributed by atoms with Gasteiger partial charge in [-0.05, 0) is 105 Å². The van der Waals surface area contributed by atoms with Gasteiger partial charge in [0, 0.05) is 32.5 Å². The van der Waals surface area contributed by atoms with Crippen molar-refractivity contribution in [2.45, 2.75) is 92.5 Å². The molecule has 6 aromatic rings. The van der Waals surface area contributed by atoms with E-state index < -0.39 is 24.0 Å². The largest absolute Gasteiger partial charge is 0.569 e. The molecule has 4 aromatic carbocycles. The third kappa shape index (κ3) is 10.7. The fourth-order valence-electron chi connectivity index (χ4n) is 7.00. The van der Waals surface area contributed by atoms with Gasteiger partial charge in [0.25, 0.3) is 0 Å². The molecule has 0 aliphatic carbocycles. The fraction of sp³-hybridized carbons (Fsp3) is 0.404. The van der Waals surface area contributed by atoms with E-state index in [9.17, 15) is 14.8 Å². The highest BCUT2D eigenvalue weighted by molar-refractivity contribution is 5.97. The van der Waals surface area contributed by atoms with Crippen LogP contribution < -0.4 is 0 Å². The molecule has 0 amide bonds. The van der Waals surface area contributed by atoms with E-state index in [4.69, 9.17) is 29.0 Å². The Morgan fingerprint density at radius 1 is 0.902 bits per heavy atom. The quantitative estimate of drug-likeness (QED) is 0.0217. The lowest BCUT2D eigenvalue weighted by molar-refractivity contribution is -0.719. The second-order valence-electron chi connectivity index (χ2n) is 16.5. The molecule has 14 nitrogen and oxygen atoms in total. The van der Waals surface area contributed by atoms with E-state index in [1.165, 1.54) is 11.9 Å². The molecule has 0 fully saturated rings. The van der Waals surface area contributed by atoms with Gasteiger partial charge in [-0.1, -0.05) is 68.4 Å². The molecule has 2 aromatic heterocycles. The molecule has 322 valence electrons. The van der Waals surface area contributed by atoms with Gasteiger partial charge in [-0.25, -0.2) is 19.6 Å². The van der Waals surface area contributed by atoms with Crippen LogP contribution in [0.25, 0.3) is 44.6 Å². The first-order valence-electron chi connectivity index (χ1n) is 20.8. The highest BCUT2D eigenvalue weighted by Crippen LogP contribution is 2.31. The normalized spacial score (nSPS) is 13.0. The van der Waals surface area contributed by atoms with Crippen LogP contribution in [0.4, 0.5) is 4.79 Å². The first-order valence-corrected chi connectivity index (χ1v) is 20.8. The first kappa shape index (κ1) is 44.1. The number of ether oxygens (including phenoxy) is 3. The smallest absolute Gasteiger partial charge is 0.511 e. The van der Waals surface area contributed by atoms with Gasteiger partial charge >= 0.3 is 12.1 Å². The molecule has 0 N–H and O–H groups in total. The Hall–Kier alpha value is -6.44. The van der Waals surface area contributed by atoms with Crippen LogP contribution in [-0.4, -0.2) is 73.3 Å². The lowest BCUT2D eigenvalue weighted by atomic mass is 9.98. The van der Waals surface area contributed by atoms with Gasteiger partial charge in [-0.15, -0.1) is 5.01 Å². The second-order valence-corrected chi connectivity index (χ2v) is 16.5. The van der Waals surface area contributed by atoms with Gasteiger partial charge in [-0.3, -0.25) is 0 Å². The molecule has 6 rings (SSSR count). The van der Waals surface area contributed by atoms with Crippen molar-refractivity contribution in [3.63, 3.8) is 0 Å². The van der Waals surface area contributed by atoms with Crippen LogP contribution >= 0.6 is 0 Å². The average Bonchev–Trinajstić information content (AvgIpc) is 3.75. The van der Waals surface area contributed by atoms with Gasteiger partial charge in [0.05, 0.1) is 51.8 Å². The Morgan fingerprint density at radius 2 is 1.61 bits per heavy atom. The van der Waals surface area contributed by atoms with Gasteiger partial charge < -0.3 is 33.4 Å². The van der Waals surface area contributed by atoms with Crippen LogP contribution in [0.1, 0.15) is 88.1 Å². The predicted octanol–water partition coefficient (Wildman–Crippen LogP) is 10.2. The summed E-state index contributed by atoms with van der Waals surface area (Å²) in [6.07, 6.45) is 0.803. The maximum absolute atomic E-state index is 13.4. The molecular formula is C47H57N7O7. The number of rotatable bonds is 17. The Labute approximate surface area is 357 Å². The molecule has 2 atom stereocenters. The zero-order chi connectivity index (χ0) is 43.8. The minimum Gasteiger partial charge on any atom is -0.569 e. The molecule has 0 aliphatic heterocycles. The number of benzene rings is 4. The Balaban J connectivity index is 1.06. The summed E-state index contributed by atoms with van der Waals surface area (Å²) in [5.74, 6) is 1.42. The van der Waals surface area contributed by atoms with E-state index >= 15 is 0 Å². The van der Waals surface area contributed by atoms with Gasteiger partial charge in [-0.2, -0.15) is 0 Å². The van der Waals surface area contributed by atoms with E-state index in [1.807, 2.05) is 70.2 Å². The zero-order valence-electron chi connectivity index (χ0n) is 36.7. The number of nitrogens with zero attached hydrogens (tertiary/aromatic N) is 7. The van der Waals surface area contributed by atoms with Gasteiger partial charge in [0.2, 0.25) is 11.6 Å². The number of aryl methyl sites for hydroxylation is 3.